The predicted octanol–water partition coefficient (Wildman–Crippen LogP) is 0.725. The highest BCUT2D eigenvalue weighted by atomic mass is 19.1. The molecule has 3 heteroatoms. The van der Waals surface area contributed by atoms with Crippen LogP contribution >= 0.6 is 0 Å². The van der Waals surface area contributed by atoms with Crippen LogP contribution in [0, 0.1) is 0 Å². The summed E-state index contributed by atoms with van der Waals surface area (Å²) in [5.41, 5.74) is -1.10. The molecule has 0 bridgehead atoms. The minimum absolute atomic E-state index is 0.222. The fraction of sp³-hybridized carbons (Fsp3) is 1.00. The van der Waals surface area contributed by atoms with E-state index in [4.69, 9.17) is 4.74 Å². The Kier molecular flexibility index (Phi) is 2.63. The van der Waals surface area contributed by atoms with Crippen LogP contribution in [0.15, 0.2) is 0 Å². The Balaban J connectivity index is 2.32. The van der Waals surface area contributed by atoms with Crippen LogP contribution in [0.25, 0.3) is 0 Å². The lowest BCUT2D eigenvalue weighted by atomic mass is 9.97. The van der Waals surface area contributed by atoms with Crippen molar-refractivity contribution in [3.63, 3.8) is 0 Å². The van der Waals surface area contributed by atoms with Gasteiger partial charge in [-0.15, -0.1) is 0 Å². The Morgan fingerprint density at radius 3 is 3.00 bits per heavy atom. The van der Waals surface area contributed by atoms with Crippen molar-refractivity contribution in [3.05, 3.63) is 0 Å². The summed E-state index contributed by atoms with van der Waals surface area (Å²) in [4.78, 5) is 0. The lowest BCUT2D eigenvalue weighted by Crippen LogP contribution is -2.45. The zero-order chi connectivity index (χ0) is 7.45. The van der Waals surface area contributed by atoms with E-state index in [1.54, 1.807) is 0 Å². The first-order chi connectivity index (χ1) is 4.77. The molecule has 1 rings (SSSR count). The quantitative estimate of drug-likeness (QED) is 0.621. The van der Waals surface area contributed by atoms with Crippen molar-refractivity contribution in [2.45, 2.75) is 18.5 Å². The predicted molar refractivity (Wildman–Crippen MR) is 37.8 cm³/mol. The summed E-state index contributed by atoms with van der Waals surface area (Å²) in [6.07, 6.45) is 1.55. The zero-order valence-corrected chi connectivity index (χ0v) is 6.32. The van der Waals surface area contributed by atoms with Crippen molar-refractivity contribution in [3.8, 4) is 0 Å². The van der Waals surface area contributed by atoms with E-state index >= 15 is 0 Å². The molecule has 2 nitrogen and oxygen atoms in total. The van der Waals surface area contributed by atoms with Crippen LogP contribution < -0.4 is 5.32 Å². The van der Waals surface area contributed by atoms with Gasteiger partial charge in [-0.3, -0.25) is 0 Å². The number of hydrogen-bond donors (Lipinski definition) is 1. The molecular formula is C7H14FNO. The zero-order valence-electron chi connectivity index (χ0n) is 6.32. The van der Waals surface area contributed by atoms with E-state index < -0.39 is 5.67 Å². The minimum Gasteiger partial charge on any atom is -0.381 e. The van der Waals surface area contributed by atoms with Crippen molar-refractivity contribution in [1.82, 2.24) is 5.32 Å². The second-order valence-corrected chi connectivity index (χ2v) is 2.86. The third-order valence-electron chi connectivity index (χ3n) is 1.82. The molecule has 0 unspecified atom stereocenters. The van der Waals surface area contributed by atoms with E-state index in [0.29, 0.717) is 13.0 Å². The van der Waals surface area contributed by atoms with Crippen LogP contribution in [0.1, 0.15) is 12.8 Å². The van der Waals surface area contributed by atoms with Crippen LogP contribution in [-0.4, -0.2) is 32.5 Å². The third-order valence-corrected chi connectivity index (χ3v) is 1.82. The van der Waals surface area contributed by atoms with E-state index in [1.807, 2.05) is 0 Å². The molecule has 10 heavy (non-hydrogen) atoms. The monoisotopic (exact) mass is 147 g/mol. The number of piperidine rings is 1. The van der Waals surface area contributed by atoms with Gasteiger partial charge in [-0.05, 0) is 19.4 Å². The number of rotatable bonds is 2. The van der Waals surface area contributed by atoms with Gasteiger partial charge >= 0.3 is 0 Å². The van der Waals surface area contributed by atoms with Gasteiger partial charge in [0.05, 0.1) is 6.61 Å². The van der Waals surface area contributed by atoms with Gasteiger partial charge in [-0.2, -0.15) is 0 Å². The number of hydrogen-bond acceptors (Lipinski definition) is 2. The summed E-state index contributed by atoms with van der Waals surface area (Å²) in [6.45, 7) is 1.61. The highest BCUT2D eigenvalue weighted by molar-refractivity contribution is 4.85. The molecule has 0 aliphatic carbocycles. The smallest absolute Gasteiger partial charge is 0.146 e. The first kappa shape index (κ1) is 7.95. The largest absolute Gasteiger partial charge is 0.381 e. The molecule has 1 aliphatic heterocycles. The van der Waals surface area contributed by atoms with E-state index in [2.05, 4.69) is 5.32 Å². The van der Waals surface area contributed by atoms with E-state index in [9.17, 15) is 4.39 Å². The van der Waals surface area contributed by atoms with Gasteiger partial charge in [0.1, 0.15) is 5.67 Å². The third kappa shape index (κ3) is 1.92. The summed E-state index contributed by atoms with van der Waals surface area (Å²) >= 11 is 0. The van der Waals surface area contributed by atoms with Crippen molar-refractivity contribution >= 4 is 0 Å². The molecule has 1 N–H and O–H groups in total. The summed E-state index contributed by atoms with van der Waals surface area (Å²) in [6, 6.07) is 0. The van der Waals surface area contributed by atoms with E-state index in [-0.39, 0.29) is 6.61 Å². The SMILES string of the molecule is COC[C@]1(F)CCCNC1. The Morgan fingerprint density at radius 2 is 2.50 bits per heavy atom. The maximum atomic E-state index is 13.4. The summed E-state index contributed by atoms with van der Waals surface area (Å²) in [5, 5.41) is 3.01. The van der Waals surface area contributed by atoms with Crippen molar-refractivity contribution in [2.75, 3.05) is 26.8 Å². The Hall–Kier alpha value is -0.150. The summed E-state index contributed by atoms with van der Waals surface area (Å²) < 4.78 is 18.2. The number of methoxy groups -OCH3 is 1. The van der Waals surface area contributed by atoms with Crippen LogP contribution in [-0.2, 0) is 4.74 Å². The Bertz CT molecular complexity index is 96.3. The number of ether oxygens (including phenoxy) is 1. The molecule has 0 aromatic carbocycles. The van der Waals surface area contributed by atoms with Crippen LogP contribution in [0.4, 0.5) is 4.39 Å². The number of nitrogens with one attached hydrogen (secondary N) is 1. The topological polar surface area (TPSA) is 21.3 Å². The Labute approximate surface area is 60.8 Å². The van der Waals surface area contributed by atoms with Crippen molar-refractivity contribution < 1.29 is 9.13 Å². The fourth-order valence-electron chi connectivity index (χ4n) is 1.31. The minimum atomic E-state index is -1.10. The second-order valence-electron chi connectivity index (χ2n) is 2.86. The van der Waals surface area contributed by atoms with Gasteiger partial charge in [0, 0.05) is 13.7 Å². The first-order valence-corrected chi connectivity index (χ1v) is 3.65. The molecule has 1 atom stereocenters. The normalized spacial score (nSPS) is 34.2. The highest BCUT2D eigenvalue weighted by Crippen LogP contribution is 2.20. The number of halogens is 1. The van der Waals surface area contributed by atoms with Gasteiger partial charge in [0.2, 0.25) is 0 Å². The second kappa shape index (κ2) is 3.30. The van der Waals surface area contributed by atoms with Gasteiger partial charge in [-0.1, -0.05) is 0 Å². The molecule has 1 fully saturated rings. The van der Waals surface area contributed by atoms with Crippen LogP contribution in [0.3, 0.4) is 0 Å². The number of alkyl halides is 1. The van der Waals surface area contributed by atoms with Crippen LogP contribution in [0.2, 0.25) is 0 Å². The summed E-state index contributed by atoms with van der Waals surface area (Å²) in [7, 11) is 1.54. The summed E-state index contributed by atoms with van der Waals surface area (Å²) in [5.74, 6) is 0. The fourth-order valence-corrected chi connectivity index (χ4v) is 1.31. The van der Waals surface area contributed by atoms with Crippen molar-refractivity contribution in [1.29, 1.82) is 0 Å². The molecule has 0 spiro atoms. The van der Waals surface area contributed by atoms with Crippen molar-refractivity contribution in [2.24, 2.45) is 0 Å². The lowest BCUT2D eigenvalue weighted by molar-refractivity contribution is 0.0230. The molecule has 0 saturated carbocycles. The van der Waals surface area contributed by atoms with Gasteiger partial charge in [0.25, 0.3) is 0 Å². The molecule has 0 amide bonds. The van der Waals surface area contributed by atoms with E-state index in [0.717, 1.165) is 13.0 Å². The maximum absolute atomic E-state index is 13.4. The molecular weight excluding hydrogens is 133 g/mol. The average molecular weight is 147 g/mol. The molecule has 1 saturated heterocycles. The van der Waals surface area contributed by atoms with E-state index in [1.165, 1.54) is 7.11 Å². The molecule has 0 aromatic rings. The molecule has 0 radical (unpaired) electrons. The molecule has 1 heterocycles. The Morgan fingerprint density at radius 1 is 1.70 bits per heavy atom. The first-order valence-electron chi connectivity index (χ1n) is 3.65. The highest BCUT2D eigenvalue weighted by Gasteiger charge is 2.31. The van der Waals surface area contributed by atoms with Gasteiger partial charge in [-0.25, -0.2) is 4.39 Å². The lowest BCUT2D eigenvalue weighted by Gasteiger charge is -2.29. The molecule has 60 valence electrons. The average Bonchev–Trinajstić information content (AvgIpc) is 1.89. The van der Waals surface area contributed by atoms with Gasteiger partial charge < -0.3 is 10.1 Å². The molecule has 1 aliphatic rings. The van der Waals surface area contributed by atoms with Gasteiger partial charge in [0.15, 0.2) is 0 Å². The maximum Gasteiger partial charge on any atom is 0.146 e. The molecule has 0 aromatic heterocycles. The van der Waals surface area contributed by atoms with Crippen LogP contribution in [0.5, 0.6) is 0 Å². The standard InChI is InChI=1S/C7H14FNO/c1-10-6-7(8)3-2-4-9-5-7/h9H,2-6H2,1H3/t7-/m0/s1.